The van der Waals surface area contributed by atoms with E-state index < -0.39 is 0 Å². The first-order chi connectivity index (χ1) is 11.4. The van der Waals surface area contributed by atoms with Crippen molar-refractivity contribution in [1.82, 2.24) is 14.5 Å². The minimum absolute atomic E-state index is 0.0234. The molecule has 1 unspecified atom stereocenters. The average Bonchev–Trinajstić information content (AvgIpc) is 2.57. The summed E-state index contributed by atoms with van der Waals surface area (Å²) in [6.07, 6.45) is 5.82. The van der Waals surface area contributed by atoms with E-state index in [9.17, 15) is 4.79 Å². The zero-order valence-corrected chi connectivity index (χ0v) is 15.0. The van der Waals surface area contributed by atoms with Crippen molar-refractivity contribution in [2.24, 2.45) is 18.4 Å². The predicted octanol–water partition coefficient (Wildman–Crippen LogP) is 3.10. The summed E-state index contributed by atoms with van der Waals surface area (Å²) in [6.45, 7) is 8.78. The van der Waals surface area contributed by atoms with Crippen LogP contribution in [0.4, 0.5) is 5.95 Å². The van der Waals surface area contributed by atoms with Crippen LogP contribution in [0.25, 0.3) is 11.3 Å². The smallest absolute Gasteiger partial charge is 0.255 e. The maximum atomic E-state index is 12.4. The molecule has 24 heavy (non-hydrogen) atoms. The van der Waals surface area contributed by atoms with Crippen LogP contribution in [0.3, 0.4) is 0 Å². The molecule has 0 radical (unpaired) electrons. The number of nitrogens with zero attached hydrogens (tertiary/aromatic N) is 4. The number of anilines is 1. The largest absolute Gasteiger partial charge is 0.342 e. The van der Waals surface area contributed by atoms with Gasteiger partial charge in [-0.1, -0.05) is 20.8 Å². The normalized spacial score (nSPS) is 18.7. The minimum Gasteiger partial charge on any atom is -0.342 e. The second-order valence-electron chi connectivity index (χ2n) is 7.73. The van der Waals surface area contributed by atoms with Crippen molar-refractivity contribution in [2.45, 2.75) is 33.6 Å². The Hall–Kier alpha value is -2.17. The van der Waals surface area contributed by atoms with Gasteiger partial charge in [0.25, 0.3) is 5.56 Å². The number of rotatable bonds is 2. The third-order valence-corrected chi connectivity index (χ3v) is 5.02. The second-order valence-corrected chi connectivity index (χ2v) is 7.73. The predicted molar refractivity (Wildman–Crippen MR) is 97.1 cm³/mol. The Kier molecular flexibility index (Phi) is 4.43. The summed E-state index contributed by atoms with van der Waals surface area (Å²) in [7, 11) is 1.81. The highest BCUT2D eigenvalue weighted by Gasteiger charge is 2.31. The first-order valence-corrected chi connectivity index (χ1v) is 8.59. The quantitative estimate of drug-likeness (QED) is 0.851. The summed E-state index contributed by atoms with van der Waals surface area (Å²) < 4.78 is 1.66. The summed E-state index contributed by atoms with van der Waals surface area (Å²) in [5, 5.41) is 0. The lowest BCUT2D eigenvalue weighted by Gasteiger charge is -2.40. The van der Waals surface area contributed by atoms with Gasteiger partial charge in [0.1, 0.15) is 0 Å². The van der Waals surface area contributed by atoms with E-state index in [1.165, 1.54) is 6.42 Å². The third kappa shape index (κ3) is 3.35. The number of piperidine rings is 1. The molecule has 0 N–H and O–H groups in total. The molecule has 1 atom stereocenters. The highest BCUT2D eigenvalue weighted by Crippen LogP contribution is 2.34. The van der Waals surface area contributed by atoms with Crippen LogP contribution in [0.15, 0.2) is 35.4 Å². The molecule has 0 bridgehead atoms. The van der Waals surface area contributed by atoms with Gasteiger partial charge in [0.15, 0.2) is 0 Å². The number of aromatic nitrogens is 3. The van der Waals surface area contributed by atoms with Gasteiger partial charge in [-0.05, 0) is 36.3 Å². The molecule has 1 aliphatic rings. The summed E-state index contributed by atoms with van der Waals surface area (Å²) in [4.78, 5) is 23.5. The van der Waals surface area contributed by atoms with Crippen molar-refractivity contribution >= 4 is 5.95 Å². The molecule has 2 aromatic rings. The Balaban J connectivity index is 1.98. The van der Waals surface area contributed by atoms with E-state index in [4.69, 9.17) is 4.98 Å². The van der Waals surface area contributed by atoms with Gasteiger partial charge in [-0.2, -0.15) is 0 Å². The van der Waals surface area contributed by atoms with E-state index >= 15 is 0 Å². The van der Waals surface area contributed by atoms with E-state index in [1.807, 2.05) is 19.2 Å². The average molecular weight is 326 g/mol. The number of pyridine rings is 1. The van der Waals surface area contributed by atoms with Gasteiger partial charge in [-0.3, -0.25) is 14.3 Å². The van der Waals surface area contributed by atoms with E-state index in [2.05, 4.69) is 30.7 Å². The molecule has 128 valence electrons. The maximum absolute atomic E-state index is 12.4. The van der Waals surface area contributed by atoms with Crippen molar-refractivity contribution in [3.8, 4) is 11.3 Å². The maximum Gasteiger partial charge on any atom is 0.255 e. The van der Waals surface area contributed by atoms with Crippen molar-refractivity contribution < 1.29 is 0 Å². The van der Waals surface area contributed by atoms with Crippen LogP contribution >= 0.6 is 0 Å². The van der Waals surface area contributed by atoms with Gasteiger partial charge in [0.2, 0.25) is 5.95 Å². The molecule has 3 rings (SSSR count). The lowest BCUT2D eigenvalue weighted by molar-refractivity contribution is 0.207. The second kappa shape index (κ2) is 6.38. The summed E-state index contributed by atoms with van der Waals surface area (Å²) in [5.74, 6) is 1.37. The molecule has 0 amide bonds. The van der Waals surface area contributed by atoms with Crippen LogP contribution in [0.2, 0.25) is 0 Å². The number of hydrogen-bond acceptors (Lipinski definition) is 4. The van der Waals surface area contributed by atoms with Gasteiger partial charge in [0, 0.05) is 44.2 Å². The van der Waals surface area contributed by atoms with Crippen LogP contribution in [-0.4, -0.2) is 27.6 Å². The van der Waals surface area contributed by atoms with E-state index in [0.717, 1.165) is 31.0 Å². The monoisotopic (exact) mass is 326 g/mol. The Morgan fingerprint density at radius 1 is 1.21 bits per heavy atom. The van der Waals surface area contributed by atoms with Crippen LogP contribution in [0, 0.1) is 11.3 Å². The fourth-order valence-corrected chi connectivity index (χ4v) is 3.35. The van der Waals surface area contributed by atoms with Gasteiger partial charge in [0.05, 0.1) is 5.69 Å². The highest BCUT2D eigenvalue weighted by molar-refractivity contribution is 5.59. The van der Waals surface area contributed by atoms with Crippen LogP contribution in [0.5, 0.6) is 0 Å². The fraction of sp³-hybridized carbons (Fsp3) is 0.526. The molecule has 1 fully saturated rings. The van der Waals surface area contributed by atoms with E-state index in [0.29, 0.717) is 11.6 Å². The molecular formula is C19H26N4O. The Labute approximate surface area is 143 Å². The van der Waals surface area contributed by atoms with Crippen LogP contribution < -0.4 is 10.5 Å². The molecule has 2 aromatic heterocycles. The van der Waals surface area contributed by atoms with Gasteiger partial charge in [-0.25, -0.2) is 4.98 Å². The van der Waals surface area contributed by atoms with Crippen LogP contribution in [0.1, 0.15) is 33.6 Å². The molecule has 5 nitrogen and oxygen atoms in total. The summed E-state index contributed by atoms with van der Waals surface area (Å²) in [6, 6.07) is 5.38. The lowest BCUT2D eigenvalue weighted by atomic mass is 9.76. The molecular weight excluding hydrogens is 300 g/mol. The zero-order chi connectivity index (χ0) is 17.3. The van der Waals surface area contributed by atoms with Crippen molar-refractivity contribution in [3.05, 3.63) is 40.9 Å². The third-order valence-electron chi connectivity index (χ3n) is 5.02. The standard InChI is InChI=1S/C19H26N4O/c1-19(2,3)15-6-5-11-23(13-15)18-21-16(12-17(24)22(18)4)14-7-9-20-10-8-14/h7-10,12,15H,5-6,11,13H2,1-4H3. The molecule has 0 aromatic carbocycles. The Morgan fingerprint density at radius 2 is 1.92 bits per heavy atom. The molecule has 0 spiro atoms. The van der Waals surface area contributed by atoms with Gasteiger partial charge < -0.3 is 4.90 Å². The fourth-order valence-electron chi connectivity index (χ4n) is 3.35. The molecule has 1 saturated heterocycles. The van der Waals surface area contributed by atoms with Crippen molar-refractivity contribution in [1.29, 1.82) is 0 Å². The van der Waals surface area contributed by atoms with Crippen LogP contribution in [-0.2, 0) is 7.05 Å². The molecule has 0 saturated carbocycles. The zero-order valence-electron chi connectivity index (χ0n) is 15.0. The topological polar surface area (TPSA) is 51.0 Å². The lowest BCUT2D eigenvalue weighted by Crippen LogP contribution is -2.43. The van der Waals surface area contributed by atoms with Gasteiger partial charge in [-0.15, -0.1) is 0 Å². The minimum atomic E-state index is -0.0234. The molecule has 1 aliphatic heterocycles. The summed E-state index contributed by atoms with van der Waals surface area (Å²) >= 11 is 0. The molecule has 0 aliphatic carbocycles. The van der Waals surface area contributed by atoms with Gasteiger partial charge >= 0.3 is 0 Å². The van der Waals surface area contributed by atoms with E-state index in [1.54, 1.807) is 23.0 Å². The summed E-state index contributed by atoms with van der Waals surface area (Å²) in [5.41, 5.74) is 1.88. The SMILES string of the molecule is Cn1c(N2CCCC(C(C)(C)C)C2)nc(-c2ccncc2)cc1=O. The highest BCUT2D eigenvalue weighted by atomic mass is 16.1. The molecule has 3 heterocycles. The van der Waals surface area contributed by atoms with Crippen molar-refractivity contribution in [2.75, 3.05) is 18.0 Å². The first-order valence-electron chi connectivity index (χ1n) is 8.59. The Bertz CT molecular complexity index is 761. The van der Waals surface area contributed by atoms with Crippen molar-refractivity contribution in [3.63, 3.8) is 0 Å². The number of hydrogen-bond donors (Lipinski definition) is 0. The Morgan fingerprint density at radius 3 is 2.58 bits per heavy atom. The van der Waals surface area contributed by atoms with E-state index in [-0.39, 0.29) is 11.0 Å². The molecule has 5 heteroatoms. The first kappa shape index (κ1) is 16.7.